The molecule has 4 rings (SSSR count). The molecule has 1 aliphatic rings. The molecule has 1 heterocycles. The smallest absolute Gasteiger partial charge is 0.399 e. The fraction of sp³-hybridized carbons (Fsp3) is 0.208. The third-order valence-corrected chi connectivity index (χ3v) is 6.11. The Hall–Kier alpha value is -3.08. The zero-order valence-corrected chi connectivity index (χ0v) is 18.1. The van der Waals surface area contributed by atoms with Gasteiger partial charge < -0.3 is 18.7 Å². The quantitative estimate of drug-likeness (QED) is 0.289. The van der Waals surface area contributed by atoms with Crippen LogP contribution >= 0.6 is 7.75 Å². The van der Waals surface area contributed by atoms with Gasteiger partial charge in [-0.1, -0.05) is 66.7 Å². The summed E-state index contributed by atoms with van der Waals surface area (Å²) in [6, 6.07) is 27.9. The van der Waals surface area contributed by atoms with Gasteiger partial charge in [0.05, 0.1) is 13.2 Å². The van der Waals surface area contributed by atoms with E-state index in [0.717, 1.165) is 5.56 Å². The van der Waals surface area contributed by atoms with Gasteiger partial charge in [-0.15, -0.1) is 4.76 Å². The number of hydrogen-bond donors (Lipinski definition) is 0. The molecule has 160 valence electrons. The number of amidine groups is 1. The van der Waals surface area contributed by atoms with Gasteiger partial charge in [0.15, 0.2) is 0 Å². The van der Waals surface area contributed by atoms with Crippen molar-refractivity contribution < 1.29 is 18.3 Å². The van der Waals surface area contributed by atoms with Gasteiger partial charge in [-0.05, 0) is 29.8 Å². The number of para-hydroxylation sites is 2. The largest absolute Gasteiger partial charge is 0.564 e. The Morgan fingerprint density at radius 3 is 1.81 bits per heavy atom. The van der Waals surface area contributed by atoms with Crippen LogP contribution in [0.2, 0.25) is 0 Å². The van der Waals surface area contributed by atoms with Gasteiger partial charge in [0.1, 0.15) is 17.3 Å². The first-order chi connectivity index (χ1) is 15.2. The van der Waals surface area contributed by atoms with Gasteiger partial charge in [-0.2, -0.15) is 0 Å². The van der Waals surface area contributed by atoms with Crippen molar-refractivity contribution in [1.82, 2.24) is 4.90 Å². The van der Waals surface area contributed by atoms with E-state index in [4.69, 9.17) is 13.8 Å². The summed E-state index contributed by atoms with van der Waals surface area (Å²) in [4.78, 5) is 2.09. The first kappa shape index (κ1) is 21.2. The van der Waals surface area contributed by atoms with Crippen LogP contribution in [0.3, 0.4) is 0 Å². The summed E-state index contributed by atoms with van der Waals surface area (Å²) in [5, 5.41) is 0. The number of ether oxygens (including phenoxy) is 1. The molecule has 0 radical (unpaired) electrons. The third-order valence-electron chi connectivity index (χ3n) is 4.75. The average molecular weight is 436 g/mol. The van der Waals surface area contributed by atoms with Crippen LogP contribution in [0.1, 0.15) is 5.56 Å². The summed E-state index contributed by atoms with van der Waals surface area (Å²) in [6.07, 6.45) is 0.515. The first-order valence-corrected chi connectivity index (χ1v) is 11.7. The molecule has 7 heteroatoms. The predicted octanol–water partition coefficient (Wildman–Crippen LogP) is 5.23. The number of nitrogens with zero attached hydrogens (tertiary/aromatic N) is 2. The highest BCUT2D eigenvalue weighted by atomic mass is 31.2. The van der Waals surface area contributed by atoms with Crippen molar-refractivity contribution in [3.63, 3.8) is 0 Å². The molecule has 1 fully saturated rings. The molecule has 31 heavy (non-hydrogen) atoms. The number of rotatable bonds is 7. The molecule has 0 N–H and O–H groups in total. The Labute approximate surface area is 182 Å². The van der Waals surface area contributed by atoms with Crippen LogP contribution < -0.4 is 9.05 Å². The zero-order valence-electron chi connectivity index (χ0n) is 17.2. The molecular formula is C24H25N2O4P. The second-order valence-electron chi connectivity index (χ2n) is 7.06. The first-order valence-electron chi connectivity index (χ1n) is 10.3. The van der Waals surface area contributed by atoms with Crippen LogP contribution in [0, 0.1) is 0 Å². The summed E-state index contributed by atoms with van der Waals surface area (Å²) >= 11 is 0. The molecule has 3 aromatic rings. The summed E-state index contributed by atoms with van der Waals surface area (Å²) in [6.45, 7) is 2.53. The van der Waals surface area contributed by atoms with Crippen molar-refractivity contribution in [2.24, 2.45) is 4.76 Å². The molecule has 0 aromatic heterocycles. The van der Waals surface area contributed by atoms with Crippen molar-refractivity contribution in [1.29, 1.82) is 0 Å². The van der Waals surface area contributed by atoms with Crippen LogP contribution in [0.5, 0.6) is 11.5 Å². The maximum Gasteiger partial charge on any atom is 0.564 e. The lowest BCUT2D eigenvalue weighted by Gasteiger charge is -2.30. The minimum absolute atomic E-state index is 0.437. The lowest BCUT2D eigenvalue weighted by Crippen LogP contribution is -2.41. The minimum atomic E-state index is -3.92. The monoisotopic (exact) mass is 436 g/mol. The lowest BCUT2D eigenvalue weighted by atomic mass is 10.1. The molecule has 0 aliphatic carbocycles. The van der Waals surface area contributed by atoms with Gasteiger partial charge in [0.2, 0.25) is 0 Å². The number of benzene rings is 3. The zero-order chi connectivity index (χ0) is 21.4. The molecule has 0 spiro atoms. The SMILES string of the molecule is O=P(/N=C(/Cc1ccccc1)N1CCOCC1)(Oc1ccccc1)Oc1ccccc1. The summed E-state index contributed by atoms with van der Waals surface area (Å²) in [5.41, 5.74) is 1.07. The topological polar surface area (TPSA) is 60.4 Å². The summed E-state index contributed by atoms with van der Waals surface area (Å²) in [5.74, 6) is 1.53. The molecule has 1 aliphatic heterocycles. The van der Waals surface area contributed by atoms with Crippen molar-refractivity contribution in [3.8, 4) is 11.5 Å². The molecule has 0 atom stereocenters. The van der Waals surface area contributed by atoms with E-state index >= 15 is 0 Å². The predicted molar refractivity (Wildman–Crippen MR) is 122 cm³/mol. The Bertz CT molecular complexity index is 978. The molecule has 1 saturated heterocycles. The normalized spacial score (nSPS) is 14.8. The highest BCUT2D eigenvalue weighted by Gasteiger charge is 2.31. The maximum absolute atomic E-state index is 13.9. The van der Waals surface area contributed by atoms with Crippen molar-refractivity contribution in [2.45, 2.75) is 6.42 Å². The standard InChI is InChI=1S/C24H25N2O4P/c27-31(29-22-12-6-2-7-13-22,30-23-14-8-3-9-15-23)25-24(26-16-18-28-19-17-26)20-21-10-4-1-5-11-21/h1-15H,16-20H2/b25-24-. The molecular weight excluding hydrogens is 411 g/mol. The lowest BCUT2D eigenvalue weighted by molar-refractivity contribution is 0.0674. The van der Waals surface area contributed by atoms with Crippen LogP contribution in [0.25, 0.3) is 0 Å². The minimum Gasteiger partial charge on any atom is -0.399 e. The number of morpholine rings is 1. The number of hydrogen-bond acceptors (Lipinski definition) is 4. The maximum atomic E-state index is 13.9. The average Bonchev–Trinajstić information content (AvgIpc) is 2.81. The van der Waals surface area contributed by atoms with Crippen molar-refractivity contribution >= 4 is 13.6 Å². The fourth-order valence-electron chi connectivity index (χ4n) is 3.24. The van der Waals surface area contributed by atoms with Crippen LogP contribution in [-0.2, 0) is 15.7 Å². The van der Waals surface area contributed by atoms with Gasteiger partial charge in [0.25, 0.3) is 0 Å². The Kier molecular flexibility index (Phi) is 7.03. The fourth-order valence-corrected chi connectivity index (χ4v) is 4.62. The Morgan fingerprint density at radius 1 is 0.806 bits per heavy atom. The van der Waals surface area contributed by atoms with E-state index < -0.39 is 7.75 Å². The van der Waals surface area contributed by atoms with Crippen molar-refractivity contribution in [3.05, 3.63) is 96.6 Å². The van der Waals surface area contributed by atoms with Crippen LogP contribution in [-0.4, -0.2) is 37.0 Å². The highest BCUT2D eigenvalue weighted by molar-refractivity contribution is 7.53. The summed E-state index contributed by atoms with van der Waals surface area (Å²) in [7, 11) is -3.92. The molecule has 6 nitrogen and oxygen atoms in total. The van der Waals surface area contributed by atoms with Gasteiger partial charge in [0, 0.05) is 19.5 Å². The van der Waals surface area contributed by atoms with Crippen LogP contribution in [0.15, 0.2) is 95.8 Å². The van der Waals surface area contributed by atoms with Gasteiger partial charge in [-0.25, -0.2) is 4.57 Å². The van der Waals surface area contributed by atoms with E-state index in [-0.39, 0.29) is 0 Å². The van der Waals surface area contributed by atoms with E-state index in [9.17, 15) is 4.57 Å². The van der Waals surface area contributed by atoms with Gasteiger partial charge >= 0.3 is 7.75 Å². The Balaban J connectivity index is 1.70. The molecule has 0 bridgehead atoms. The molecule has 0 amide bonds. The second-order valence-corrected chi connectivity index (χ2v) is 8.56. The summed E-state index contributed by atoms with van der Waals surface area (Å²) < 4.78 is 35.7. The molecule has 0 unspecified atom stereocenters. The third kappa shape index (κ3) is 6.20. The van der Waals surface area contributed by atoms with E-state index in [1.165, 1.54) is 0 Å². The molecule has 0 saturated carbocycles. The van der Waals surface area contributed by atoms with E-state index in [1.807, 2.05) is 66.7 Å². The van der Waals surface area contributed by atoms with E-state index in [2.05, 4.69) is 9.66 Å². The van der Waals surface area contributed by atoms with E-state index in [1.54, 1.807) is 24.3 Å². The van der Waals surface area contributed by atoms with Crippen molar-refractivity contribution in [2.75, 3.05) is 26.3 Å². The molecule has 3 aromatic carbocycles. The van der Waals surface area contributed by atoms with Gasteiger partial charge in [-0.3, -0.25) is 0 Å². The van der Waals surface area contributed by atoms with E-state index in [0.29, 0.717) is 50.1 Å². The Morgan fingerprint density at radius 2 is 1.29 bits per heavy atom. The highest BCUT2D eigenvalue weighted by Crippen LogP contribution is 2.50. The second kappa shape index (κ2) is 10.3. The van der Waals surface area contributed by atoms with Crippen LogP contribution in [0.4, 0.5) is 0 Å².